The Balaban J connectivity index is 2.80. The summed E-state index contributed by atoms with van der Waals surface area (Å²) < 4.78 is 18.5. The van der Waals surface area contributed by atoms with Crippen molar-refractivity contribution in [1.29, 1.82) is 0 Å². The quantitative estimate of drug-likeness (QED) is 0.828. The molecular formula is C14H21FN2O2. The summed E-state index contributed by atoms with van der Waals surface area (Å²) >= 11 is 0. The van der Waals surface area contributed by atoms with Crippen molar-refractivity contribution in [2.24, 2.45) is 5.92 Å². The molecule has 2 N–H and O–H groups in total. The summed E-state index contributed by atoms with van der Waals surface area (Å²) in [5.41, 5.74) is 0.632. The third kappa shape index (κ3) is 4.21. The number of methoxy groups -OCH3 is 1. The number of rotatable bonds is 6. The van der Waals surface area contributed by atoms with Crippen molar-refractivity contribution >= 4 is 5.91 Å². The number of halogens is 1. The van der Waals surface area contributed by atoms with Crippen molar-refractivity contribution in [2.45, 2.75) is 19.9 Å². The first-order valence-corrected chi connectivity index (χ1v) is 6.28. The Morgan fingerprint density at radius 3 is 2.68 bits per heavy atom. The Kier molecular flexibility index (Phi) is 5.76. The number of benzene rings is 1. The largest absolute Gasteiger partial charge is 0.496 e. The minimum Gasteiger partial charge on any atom is -0.496 e. The summed E-state index contributed by atoms with van der Waals surface area (Å²) in [6, 6.07) is 3.97. The minimum atomic E-state index is -0.347. The van der Waals surface area contributed by atoms with Crippen LogP contribution >= 0.6 is 0 Å². The molecule has 1 aromatic carbocycles. The standard InChI is InChI=1S/C14H21FN2O2/c1-9(8-16-3)14(18)17-10(2)12-7-11(15)5-6-13(12)19-4/h5-7,9-10,16H,8H2,1-4H3,(H,17,18). The molecule has 0 radical (unpaired) electrons. The van der Waals surface area contributed by atoms with Gasteiger partial charge in [0.15, 0.2) is 0 Å². The summed E-state index contributed by atoms with van der Waals surface area (Å²) in [5.74, 6) is -0.00388. The van der Waals surface area contributed by atoms with E-state index in [1.165, 1.54) is 19.2 Å². The van der Waals surface area contributed by atoms with E-state index in [0.717, 1.165) is 0 Å². The molecule has 1 aromatic rings. The Bertz CT molecular complexity index is 437. The van der Waals surface area contributed by atoms with Gasteiger partial charge in [0.05, 0.1) is 13.2 Å². The average molecular weight is 268 g/mol. The monoisotopic (exact) mass is 268 g/mol. The van der Waals surface area contributed by atoms with Gasteiger partial charge in [-0.15, -0.1) is 0 Å². The van der Waals surface area contributed by atoms with Crippen molar-refractivity contribution < 1.29 is 13.9 Å². The first kappa shape index (κ1) is 15.4. The number of hydrogen-bond donors (Lipinski definition) is 2. The second-order valence-corrected chi connectivity index (χ2v) is 4.58. The highest BCUT2D eigenvalue weighted by molar-refractivity contribution is 5.79. The number of carbonyl (C=O) groups excluding carboxylic acids is 1. The highest BCUT2D eigenvalue weighted by Gasteiger charge is 2.18. The van der Waals surface area contributed by atoms with Crippen molar-refractivity contribution in [2.75, 3.05) is 20.7 Å². The van der Waals surface area contributed by atoms with E-state index >= 15 is 0 Å². The van der Waals surface area contributed by atoms with Crippen LogP contribution in [-0.4, -0.2) is 26.6 Å². The van der Waals surface area contributed by atoms with Gasteiger partial charge in [0.1, 0.15) is 11.6 Å². The SMILES string of the molecule is CNCC(C)C(=O)NC(C)c1cc(F)ccc1OC. The number of carbonyl (C=O) groups is 1. The fraction of sp³-hybridized carbons (Fsp3) is 0.500. The molecule has 0 saturated heterocycles. The molecule has 2 atom stereocenters. The molecule has 19 heavy (non-hydrogen) atoms. The molecule has 0 aliphatic rings. The van der Waals surface area contributed by atoms with Crippen LogP contribution in [0.25, 0.3) is 0 Å². The number of nitrogens with one attached hydrogen (secondary N) is 2. The summed E-state index contributed by atoms with van der Waals surface area (Å²) in [6.07, 6.45) is 0. The number of hydrogen-bond acceptors (Lipinski definition) is 3. The van der Waals surface area contributed by atoms with Crippen LogP contribution in [0.2, 0.25) is 0 Å². The predicted octanol–water partition coefficient (Wildman–Crippen LogP) is 1.87. The molecule has 1 rings (SSSR count). The third-order valence-corrected chi connectivity index (χ3v) is 2.97. The van der Waals surface area contributed by atoms with Gasteiger partial charge in [0, 0.05) is 18.0 Å². The highest BCUT2D eigenvalue weighted by atomic mass is 19.1. The molecule has 1 amide bonds. The molecule has 0 aromatic heterocycles. The Hall–Kier alpha value is -1.62. The van der Waals surface area contributed by atoms with Crippen LogP contribution in [0.4, 0.5) is 4.39 Å². The van der Waals surface area contributed by atoms with Crippen LogP contribution in [0.3, 0.4) is 0 Å². The lowest BCUT2D eigenvalue weighted by atomic mass is 10.1. The number of ether oxygens (including phenoxy) is 1. The van der Waals surface area contributed by atoms with Crippen LogP contribution in [0, 0.1) is 11.7 Å². The predicted molar refractivity (Wildman–Crippen MR) is 72.6 cm³/mol. The van der Waals surface area contributed by atoms with Gasteiger partial charge in [-0.25, -0.2) is 4.39 Å². The summed E-state index contributed by atoms with van der Waals surface area (Å²) in [5, 5.41) is 5.80. The molecular weight excluding hydrogens is 247 g/mol. The Labute approximate surface area is 113 Å². The molecule has 0 aliphatic heterocycles. The van der Waals surface area contributed by atoms with Crippen LogP contribution < -0.4 is 15.4 Å². The zero-order valence-corrected chi connectivity index (χ0v) is 11.8. The second kappa shape index (κ2) is 7.09. The van der Waals surface area contributed by atoms with Crippen molar-refractivity contribution in [1.82, 2.24) is 10.6 Å². The van der Waals surface area contributed by atoms with Crippen LogP contribution in [0.5, 0.6) is 5.75 Å². The van der Waals surface area contributed by atoms with Crippen LogP contribution in [0.1, 0.15) is 25.5 Å². The van der Waals surface area contributed by atoms with Crippen molar-refractivity contribution in [3.05, 3.63) is 29.6 Å². The second-order valence-electron chi connectivity index (χ2n) is 4.58. The summed E-state index contributed by atoms with van der Waals surface area (Å²) in [6.45, 7) is 4.24. The minimum absolute atomic E-state index is 0.0758. The maximum absolute atomic E-state index is 13.3. The molecule has 5 heteroatoms. The molecule has 0 fully saturated rings. The molecule has 0 aliphatic carbocycles. The highest BCUT2D eigenvalue weighted by Crippen LogP contribution is 2.25. The third-order valence-electron chi connectivity index (χ3n) is 2.97. The van der Waals surface area contributed by atoms with E-state index in [1.54, 1.807) is 20.0 Å². The summed E-state index contributed by atoms with van der Waals surface area (Å²) in [7, 11) is 3.32. The Morgan fingerprint density at radius 2 is 2.11 bits per heavy atom. The fourth-order valence-electron chi connectivity index (χ4n) is 1.88. The van der Waals surface area contributed by atoms with Gasteiger partial charge in [-0.1, -0.05) is 6.92 Å². The van der Waals surface area contributed by atoms with Gasteiger partial charge in [-0.3, -0.25) is 4.79 Å². The lowest BCUT2D eigenvalue weighted by molar-refractivity contribution is -0.125. The van der Waals surface area contributed by atoms with E-state index in [-0.39, 0.29) is 23.7 Å². The van der Waals surface area contributed by atoms with E-state index in [9.17, 15) is 9.18 Å². The van der Waals surface area contributed by atoms with Gasteiger partial charge in [-0.2, -0.15) is 0 Å². The molecule has 106 valence electrons. The van der Waals surface area contributed by atoms with Crippen molar-refractivity contribution in [3.8, 4) is 5.75 Å². The zero-order valence-electron chi connectivity index (χ0n) is 11.8. The molecule has 0 bridgehead atoms. The molecule has 0 heterocycles. The van der Waals surface area contributed by atoms with Crippen LogP contribution in [-0.2, 0) is 4.79 Å². The smallest absolute Gasteiger partial charge is 0.224 e. The average Bonchev–Trinajstić information content (AvgIpc) is 2.38. The van der Waals surface area contributed by atoms with Gasteiger partial charge < -0.3 is 15.4 Å². The van der Waals surface area contributed by atoms with Gasteiger partial charge >= 0.3 is 0 Å². The zero-order chi connectivity index (χ0) is 14.4. The molecule has 2 unspecified atom stereocenters. The van der Waals surface area contributed by atoms with Gasteiger partial charge in [0.25, 0.3) is 0 Å². The molecule has 0 saturated carbocycles. The van der Waals surface area contributed by atoms with E-state index in [1.807, 2.05) is 6.92 Å². The summed E-state index contributed by atoms with van der Waals surface area (Å²) in [4.78, 5) is 11.9. The maximum atomic E-state index is 13.3. The Morgan fingerprint density at radius 1 is 1.42 bits per heavy atom. The lowest BCUT2D eigenvalue weighted by Crippen LogP contribution is -2.35. The lowest BCUT2D eigenvalue weighted by Gasteiger charge is -2.19. The van der Waals surface area contributed by atoms with E-state index in [4.69, 9.17) is 4.74 Å². The van der Waals surface area contributed by atoms with Crippen LogP contribution in [0.15, 0.2) is 18.2 Å². The van der Waals surface area contributed by atoms with Gasteiger partial charge in [0.2, 0.25) is 5.91 Å². The molecule has 4 nitrogen and oxygen atoms in total. The fourth-order valence-corrected chi connectivity index (χ4v) is 1.88. The van der Waals surface area contributed by atoms with Gasteiger partial charge in [-0.05, 0) is 32.2 Å². The van der Waals surface area contributed by atoms with E-state index in [2.05, 4.69) is 10.6 Å². The maximum Gasteiger partial charge on any atom is 0.224 e. The number of amides is 1. The van der Waals surface area contributed by atoms with Crippen molar-refractivity contribution in [3.63, 3.8) is 0 Å². The molecule has 0 spiro atoms. The first-order valence-electron chi connectivity index (χ1n) is 6.28. The topological polar surface area (TPSA) is 50.4 Å². The van der Waals surface area contributed by atoms with E-state index < -0.39 is 0 Å². The normalized spacial score (nSPS) is 13.7. The first-order chi connectivity index (χ1) is 8.99. The van der Waals surface area contributed by atoms with E-state index in [0.29, 0.717) is 17.9 Å².